The van der Waals surface area contributed by atoms with E-state index in [0.29, 0.717) is 35.1 Å². The molecule has 37 heavy (non-hydrogen) atoms. The molecule has 1 fully saturated rings. The highest BCUT2D eigenvalue weighted by atomic mass is 16.2. The van der Waals surface area contributed by atoms with Crippen LogP contribution in [0.15, 0.2) is 54.7 Å². The van der Waals surface area contributed by atoms with E-state index < -0.39 is 0 Å². The van der Waals surface area contributed by atoms with Crippen molar-refractivity contribution >= 4 is 17.9 Å². The van der Waals surface area contributed by atoms with Crippen molar-refractivity contribution in [2.45, 2.75) is 32.9 Å². The number of hydrogen-bond acceptors (Lipinski definition) is 10. The number of anilines is 2. The highest BCUT2D eigenvalue weighted by Gasteiger charge is 2.16. The Labute approximate surface area is 213 Å². The van der Waals surface area contributed by atoms with Crippen LogP contribution in [0.3, 0.4) is 0 Å². The summed E-state index contributed by atoms with van der Waals surface area (Å²) in [5.41, 5.74) is 4.36. The van der Waals surface area contributed by atoms with Gasteiger partial charge in [0.1, 0.15) is 11.5 Å². The molecular formula is C26H25N9O2. The van der Waals surface area contributed by atoms with E-state index in [1.54, 1.807) is 10.7 Å². The minimum absolute atomic E-state index is 0.161. The van der Waals surface area contributed by atoms with Gasteiger partial charge >= 0.3 is 6.15 Å². The summed E-state index contributed by atoms with van der Waals surface area (Å²) >= 11 is 0. The van der Waals surface area contributed by atoms with Crippen LogP contribution in [0.5, 0.6) is 0 Å². The van der Waals surface area contributed by atoms with E-state index >= 15 is 0 Å². The number of nitrogens with zero attached hydrogens (tertiary/aromatic N) is 8. The van der Waals surface area contributed by atoms with Crippen molar-refractivity contribution in [3.05, 3.63) is 66.0 Å². The molecule has 0 unspecified atom stereocenters. The van der Waals surface area contributed by atoms with Crippen molar-refractivity contribution in [1.29, 1.82) is 5.26 Å². The molecule has 0 radical (unpaired) electrons. The summed E-state index contributed by atoms with van der Waals surface area (Å²) in [7, 11) is 0. The van der Waals surface area contributed by atoms with Crippen molar-refractivity contribution in [2.75, 3.05) is 23.3 Å². The predicted octanol–water partition coefficient (Wildman–Crippen LogP) is 3.16. The van der Waals surface area contributed by atoms with Crippen LogP contribution in [0, 0.1) is 11.3 Å². The number of nitriles is 1. The maximum atomic E-state index is 9.28. The van der Waals surface area contributed by atoms with Gasteiger partial charge in [0, 0.05) is 24.7 Å². The van der Waals surface area contributed by atoms with Crippen LogP contribution in [0.25, 0.3) is 22.6 Å². The van der Waals surface area contributed by atoms with Crippen molar-refractivity contribution < 1.29 is 9.59 Å². The average molecular weight is 496 g/mol. The molecule has 3 aromatic heterocycles. The lowest BCUT2D eigenvalue weighted by Gasteiger charge is -2.32. The molecule has 0 atom stereocenters. The Bertz CT molecular complexity index is 1450. The predicted molar refractivity (Wildman–Crippen MR) is 135 cm³/mol. The standard InChI is InChI=1S/C25H25N9.CO2/c1-17(2)27-25-29-21(19-7-3-6-18(12-19)14-26)13-22(30-25)23-16-34(32-31-23)15-20-8-4-9-24(28-20)33-10-5-11-33;2-1-3/h3-4,6-9,12-13,16-17H,5,10-11,15H2,1-2H3,(H,27,29,30);. The molecule has 0 spiro atoms. The normalized spacial score (nSPS) is 12.1. The summed E-state index contributed by atoms with van der Waals surface area (Å²) in [6, 6.07) is 17.7. The molecule has 1 saturated heterocycles. The SMILES string of the molecule is CC(C)Nc1nc(-c2cccc(C#N)c2)cc(-c2cn(Cc3cccc(N4CCC4)n3)nn2)n1.O=C=O. The molecule has 1 aliphatic rings. The van der Waals surface area contributed by atoms with Gasteiger partial charge in [0.15, 0.2) is 0 Å². The number of benzene rings is 1. The van der Waals surface area contributed by atoms with Crippen LogP contribution in [-0.2, 0) is 16.1 Å². The molecular weight excluding hydrogens is 470 g/mol. The Morgan fingerprint density at radius 3 is 2.46 bits per heavy atom. The van der Waals surface area contributed by atoms with E-state index in [9.17, 15) is 5.26 Å². The van der Waals surface area contributed by atoms with Crippen LogP contribution < -0.4 is 10.2 Å². The van der Waals surface area contributed by atoms with Gasteiger partial charge in [-0.25, -0.2) is 19.6 Å². The quantitative estimate of drug-likeness (QED) is 0.406. The van der Waals surface area contributed by atoms with E-state index in [2.05, 4.69) is 36.6 Å². The van der Waals surface area contributed by atoms with Gasteiger partial charge in [0.2, 0.25) is 5.95 Å². The number of carbonyl (C=O) groups excluding carboxylic acids is 2. The van der Waals surface area contributed by atoms with Gasteiger partial charge in [-0.2, -0.15) is 14.9 Å². The zero-order valence-corrected chi connectivity index (χ0v) is 20.5. The molecule has 186 valence electrons. The second kappa shape index (κ2) is 11.7. The smallest absolute Gasteiger partial charge is 0.356 e. The number of hydrogen-bond donors (Lipinski definition) is 1. The fourth-order valence-electron chi connectivity index (χ4n) is 3.73. The number of nitrogens with one attached hydrogen (secondary N) is 1. The van der Waals surface area contributed by atoms with Crippen molar-refractivity contribution in [3.8, 4) is 28.7 Å². The van der Waals surface area contributed by atoms with Crippen LogP contribution >= 0.6 is 0 Å². The van der Waals surface area contributed by atoms with E-state index in [4.69, 9.17) is 14.6 Å². The van der Waals surface area contributed by atoms with Crippen molar-refractivity contribution in [2.24, 2.45) is 0 Å². The fraction of sp³-hybridized carbons (Fsp3) is 0.269. The van der Waals surface area contributed by atoms with E-state index in [0.717, 1.165) is 30.2 Å². The van der Waals surface area contributed by atoms with Gasteiger partial charge in [-0.05, 0) is 50.6 Å². The third-order valence-electron chi connectivity index (χ3n) is 5.53. The molecule has 1 N–H and O–H groups in total. The summed E-state index contributed by atoms with van der Waals surface area (Å²) in [4.78, 5) is 32.6. The van der Waals surface area contributed by atoms with E-state index in [1.807, 2.05) is 62.5 Å². The van der Waals surface area contributed by atoms with E-state index in [-0.39, 0.29) is 12.2 Å². The number of aromatic nitrogens is 6. The number of rotatable bonds is 7. The molecule has 0 aliphatic carbocycles. The first-order valence-corrected chi connectivity index (χ1v) is 11.8. The lowest BCUT2D eigenvalue weighted by molar-refractivity contribution is -0.191. The molecule has 5 rings (SSSR count). The second-order valence-corrected chi connectivity index (χ2v) is 8.67. The first-order valence-electron chi connectivity index (χ1n) is 11.8. The Morgan fingerprint density at radius 2 is 1.76 bits per heavy atom. The molecule has 0 amide bonds. The van der Waals surface area contributed by atoms with Crippen molar-refractivity contribution in [3.63, 3.8) is 0 Å². The third kappa shape index (κ3) is 6.39. The topological polar surface area (TPSA) is 143 Å². The molecule has 11 heteroatoms. The summed E-state index contributed by atoms with van der Waals surface area (Å²) in [6.45, 7) is 6.70. The Morgan fingerprint density at radius 1 is 1.00 bits per heavy atom. The third-order valence-corrected chi connectivity index (χ3v) is 5.53. The molecule has 0 saturated carbocycles. The first-order chi connectivity index (χ1) is 18.0. The molecule has 0 bridgehead atoms. The summed E-state index contributed by atoms with van der Waals surface area (Å²) in [5, 5.41) is 21.2. The van der Waals surface area contributed by atoms with Gasteiger partial charge in [-0.1, -0.05) is 23.4 Å². The Kier molecular flexibility index (Phi) is 7.93. The minimum atomic E-state index is 0.161. The van der Waals surface area contributed by atoms with Crippen LogP contribution in [0.4, 0.5) is 11.8 Å². The van der Waals surface area contributed by atoms with Crippen molar-refractivity contribution in [1.82, 2.24) is 29.9 Å². The van der Waals surface area contributed by atoms with Crippen LogP contribution in [-0.4, -0.2) is 55.2 Å². The van der Waals surface area contributed by atoms with E-state index in [1.165, 1.54) is 6.42 Å². The average Bonchev–Trinajstić information content (AvgIpc) is 3.32. The lowest BCUT2D eigenvalue weighted by atomic mass is 10.1. The molecule has 1 aliphatic heterocycles. The molecule has 4 heterocycles. The first kappa shape index (κ1) is 25.2. The fourth-order valence-corrected chi connectivity index (χ4v) is 3.73. The van der Waals surface area contributed by atoms with Gasteiger partial charge in [0.25, 0.3) is 0 Å². The molecule has 1 aromatic carbocycles. The van der Waals surface area contributed by atoms with Gasteiger partial charge < -0.3 is 10.2 Å². The molecule has 4 aromatic rings. The minimum Gasteiger partial charge on any atom is -0.356 e. The lowest BCUT2D eigenvalue weighted by Crippen LogP contribution is -2.37. The zero-order valence-electron chi connectivity index (χ0n) is 20.5. The second-order valence-electron chi connectivity index (χ2n) is 8.67. The summed E-state index contributed by atoms with van der Waals surface area (Å²) in [5.74, 6) is 1.51. The summed E-state index contributed by atoms with van der Waals surface area (Å²) in [6.07, 6.45) is 3.34. The largest absolute Gasteiger partial charge is 0.373 e. The monoisotopic (exact) mass is 495 g/mol. The highest BCUT2D eigenvalue weighted by Crippen LogP contribution is 2.25. The zero-order chi connectivity index (χ0) is 26.2. The summed E-state index contributed by atoms with van der Waals surface area (Å²) < 4.78 is 1.77. The highest BCUT2D eigenvalue weighted by molar-refractivity contribution is 5.68. The Hall–Kier alpha value is -4.94. The molecule has 11 nitrogen and oxygen atoms in total. The van der Waals surface area contributed by atoms with Gasteiger partial charge in [0.05, 0.1) is 41.5 Å². The number of pyridine rings is 1. The van der Waals surface area contributed by atoms with Crippen LogP contribution in [0.2, 0.25) is 0 Å². The van der Waals surface area contributed by atoms with Gasteiger partial charge in [-0.15, -0.1) is 5.10 Å². The maximum Gasteiger partial charge on any atom is 0.373 e. The maximum absolute atomic E-state index is 9.28. The van der Waals surface area contributed by atoms with Gasteiger partial charge in [-0.3, -0.25) is 0 Å². The Balaban J connectivity index is 0.00000102. The van der Waals surface area contributed by atoms with Crippen LogP contribution in [0.1, 0.15) is 31.5 Å².